The Labute approximate surface area is 138 Å². The third-order valence-electron chi connectivity index (χ3n) is 4.29. The van der Waals surface area contributed by atoms with Gasteiger partial charge in [0.25, 0.3) is 0 Å². The highest BCUT2D eigenvalue weighted by Crippen LogP contribution is 2.37. The highest BCUT2D eigenvalue weighted by molar-refractivity contribution is 6.77. The number of ether oxygens (including phenoxy) is 1. The molecule has 0 saturated carbocycles. The van der Waals surface area contributed by atoms with E-state index >= 15 is 0 Å². The van der Waals surface area contributed by atoms with Crippen LogP contribution in [0.25, 0.3) is 0 Å². The SMILES string of the molecule is CCOC(=O)/C(=C\C1=CCC(C(C)(C)C)CC1)C[Si](C)(C)C. The van der Waals surface area contributed by atoms with Gasteiger partial charge in [-0.05, 0) is 49.6 Å². The molecule has 0 amide bonds. The van der Waals surface area contributed by atoms with E-state index in [1.807, 2.05) is 6.92 Å². The van der Waals surface area contributed by atoms with E-state index in [9.17, 15) is 4.79 Å². The Balaban J connectivity index is 2.89. The molecular weight excluding hydrogens is 288 g/mol. The van der Waals surface area contributed by atoms with Gasteiger partial charge in [-0.2, -0.15) is 0 Å². The second-order valence-corrected chi connectivity index (χ2v) is 14.2. The van der Waals surface area contributed by atoms with E-state index < -0.39 is 8.07 Å². The molecule has 1 aliphatic rings. The number of rotatable bonds is 5. The zero-order valence-corrected chi connectivity index (χ0v) is 16.6. The summed E-state index contributed by atoms with van der Waals surface area (Å²) >= 11 is 0. The van der Waals surface area contributed by atoms with Gasteiger partial charge in [0.1, 0.15) is 0 Å². The predicted octanol–water partition coefficient (Wildman–Crippen LogP) is 5.59. The van der Waals surface area contributed by atoms with E-state index in [0.717, 1.165) is 30.4 Å². The fourth-order valence-electron chi connectivity index (χ4n) is 2.97. The van der Waals surface area contributed by atoms with Crippen LogP contribution in [-0.2, 0) is 9.53 Å². The molecule has 0 aromatic carbocycles. The highest BCUT2D eigenvalue weighted by atomic mass is 28.3. The standard InChI is InChI=1S/C19H34O2Si/c1-8-21-18(20)16(14-22(5,6)7)13-15-9-11-17(12-10-15)19(2,3)4/h9,13,17H,8,10-12,14H2,1-7H3/b16-13-. The summed E-state index contributed by atoms with van der Waals surface area (Å²) in [6, 6.07) is 0.895. The molecule has 1 rings (SSSR count). The lowest BCUT2D eigenvalue weighted by atomic mass is 9.73. The molecule has 0 N–H and O–H groups in total. The van der Waals surface area contributed by atoms with E-state index in [1.165, 1.54) is 12.0 Å². The van der Waals surface area contributed by atoms with Crippen LogP contribution in [0.5, 0.6) is 0 Å². The molecule has 1 aliphatic carbocycles. The molecular formula is C19H34O2Si. The molecule has 3 heteroatoms. The van der Waals surface area contributed by atoms with Crippen LogP contribution in [0.1, 0.15) is 47.0 Å². The summed E-state index contributed by atoms with van der Waals surface area (Å²) in [7, 11) is -1.34. The second kappa shape index (κ2) is 7.63. The number of allylic oxidation sites excluding steroid dienone is 3. The van der Waals surface area contributed by atoms with Gasteiger partial charge in [0, 0.05) is 13.6 Å². The minimum absolute atomic E-state index is 0.122. The van der Waals surface area contributed by atoms with E-state index in [1.54, 1.807) is 0 Å². The van der Waals surface area contributed by atoms with Gasteiger partial charge in [-0.1, -0.05) is 52.1 Å². The quantitative estimate of drug-likeness (QED) is 0.375. The third kappa shape index (κ3) is 6.51. The van der Waals surface area contributed by atoms with Crippen LogP contribution in [0.3, 0.4) is 0 Å². The van der Waals surface area contributed by atoms with Crippen molar-refractivity contribution in [2.24, 2.45) is 11.3 Å². The Morgan fingerprint density at radius 2 is 2.00 bits per heavy atom. The summed E-state index contributed by atoms with van der Waals surface area (Å²) in [5.41, 5.74) is 2.57. The maximum atomic E-state index is 12.2. The average Bonchev–Trinajstić information content (AvgIpc) is 2.36. The molecule has 0 spiro atoms. The van der Waals surface area contributed by atoms with Gasteiger partial charge in [0.05, 0.1) is 6.61 Å². The van der Waals surface area contributed by atoms with E-state index in [2.05, 4.69) is 52.6 Å². The van der Waals surface area contributed by atoms with Crippen molar-refractivity contribution >= 4 is 14.0 Å². The lowest BCUT2D eigenvalue weighted by Crippen LogP contribution is -2.24. The first-order valence-electron chi connectivity index (χ1n) is 8.59. The summed E-state index contributed by atoms with van der Waals surface area (Å²) in [4.78, 5) is 12.2. The Bertz CT molecular complexity index is 447. The molecule has 0 heterocycles. The summed E-state index contributed by atoms with van der Waals surface area (Å²) in [6.07, 6.45) is 7.88. The minimum Gasteiger partial charge on any atom is -0.463 e. The van der Waals surface area contributed by atoms with Crippen LogP contribution in [0.4, 0.5) is 0 Å². The van der Waals surface area contributed by atoms with Gasteiger partial charge >= 0.3 is 5.97 Å². The summed E-state index contributed by atoms with van der Waals surface area (Å²) in [5, 5.41) is 0. The molecule has 0 aromatic heterocycles. The number of esters is 1. The molecule has 1 unspecified atom stereocenters. The first-order chi connectivity index (χ1) is 10.0. The van der Waals surface area contributed by atoms with Crippen LogP contribution in [0, 0.1) is 11.3 Å². The lowest BCUT2D eigenvalue weighted by Gasteiger charge is -2.33. The van der Waals surface area contributed by atoms with Crippen molar-refractivity contribution in [2.75, 3.05) is 6.61 Å². The average molecular weight is 323 g/mol. The first kappa shape index (κ1) is 19.2. The molecule has 0 radical (unpaired) electrons. The predicted molar refractivity (Wildman–Crippen MR) is 97.7 cm³/mol. The van der Waals surface area contributed by atoms with Crippen molar-refractivity contribution in [3.8, 4) is 0 Å². The monoisotopic (exact) mass is 322 g/mol. The molecule has 22 heavy (non-hydrogen) atoms. The Morgan fingerprint density at radius 1 is 1.36 bits per heavy atom. The molecule has 1 atom stereocenters. The van der Waals surface area contributed by atoms with Crippen LogP contribution in [-0.4, -0.2) is 20.7 Å². The lowest BCUT2D eigenvalue weighted by molar-refractivity contribution is -0.138. The van der Waals surface area contributed by atoms with Crippen molar-refractivity contribution in [3.05, 3.63) is 23.3 Å². The summed E-state index contributed by atoms with van der Waals surface area (Å²) in [6.45, 7) is 16.2. The Kier molecular flexibility index (Phi) is 6.66. The van der Waals surface area contributed by atoms with Crippen LogP contribution >= 0.6 is 0 Å². The normalized spacial score (nSPS) is 20.6. The number of hydrogen-bond acceptors (Lipinski definition) is 2. The van der Waals surface area contributed by atoms with E-state index in [0.29, 0.717) is 12.0 Å². The van der Waals surface area contributed by atoms with Crippen LogP contribution in [0.2, 0.25) is 25.7 Å². The molecule has 0 saturated heterocycles. The fraction of sp³-hybridized carbons (Fsp3) is 0.737. The summed E-state index contributed by atoms with van der Waals surface area (Å²) in [5.74, 6) is 0.622. The van der Waals surface area contributed by atoms with Gasteiger partial charge in [-0.3, -0.25) is 0 Å². The second-order valence-electron chi connectivity index (χ2n) is 8.74. The highest BCUT2D eigenvalue weighted by Gasteiger charge is 2.27. The molecule has 0 aliphatic heterocycles. The number of hydrogen-bond donors (Lipinski definition) is 0. The number of carbonyl (C=O) groups excluding carboxylic acids is 1. The third-order valence-corrected chi connectivity index (χ3v) is 5.73. The van der Waals surface area contributed by atoms with Crippen LogP contribution in [0.15, 0.2) is 23.3 Å². The molecule has 0 aromatic rings. The zero-order chi connectivity index (χ0) is 17.0. The first-order valence-corrected chi connectivity index (χ1v) is 12.3. The maximum Gasteiger partial charge on any atom is 0.333 e. The van der Waals surface area contributed by atoms with Gasteiger partial charge in [-0.15, -0.1) is 0 Å². The fourth-order valence-corrected chi connectivity index (χ4v) is 4.36. The van der Waals surface area contributed by atoms with E-state index in [4.69, 9.17) is 4.74 Å². The van der Waals surface area contributed by atoms with Crippen molar-refractivity contribution in [3.63, 3.8) is 0 Å². The van der Waals surface area contributed by atoms with Gasteiger partial charge < -0.3 is 4.74 Å². The Morgan fingerprint density at radius 3 is 2.41 bits per heavy atom. The zero-order valence-electron chi connectivity index (χ0n) is 15.6. The smallest absolute Gasteiger partial charge is 0.333 e. The summed E-state index contributed by atoms with van der Waals surface area (Å²) < 4.78 is 5.25. The van der Waals surface area contributed by atoms with Gasteiger partial charge in [0.15, 0.2) is 0 Å². The van der Waals surface area contributed by atoms with Crippen molar-refractivity contribution in [1.82, 2.24) is 0 Å². The van der Waals surface area contributed by atoms with Crippen molar-refractivity contribution in [1.29, 1.82) is 0 Å². The largest absolute Gasteiger partial charge is 0.463 e. The minimum atomic E-state index is -1.34. The molecule has 2 nitrogen and oxygen atoms in total. The maximum absolute atomic E-state index is 12.2. The van der Waals surface area contributed by atoms with Gasteiger partial charge in [0.2, 0.25) is 0 Å². The van der Waals surface area contributed by atoms with Gasteiger partial charge in [-0.25, -0.2) is 4.79 Å². The topological polar surface area (TPSA) is 26.3 Å². The van der Waals surface area contributed by atoms with Crippen molar-refractivity contribution in [2.45, 2.75) is 72.6 Å². The van der Waals surface area contributed by atoms with Crippen LogP contribution < -0.4 is 0 Å². The number of carbonyl (C=O) groups is 1. The molecule has 0 bridgehead atoms. The molecule has 126 valence electrons. The van der Waals surface area contributed by atoms with Crippen molar-refractivity contribution < 1.29 is 9.53 Å². The molecule has 0 fully saturated rings. The Hall–Kier alpha value is -0.833. The van der Waals surface area contributed by atoms with E-state index in [-0.39, 0.29) is 5.97 Å².